The molecule has 0 bridgehead atoms. The van der Waals surface area contributed by atoms with Crippen molar-refractivity contribution in [2.24, 2.45) is 4.99 Å². The van der Waals surface area contributed by atoms with E-state index >= 15 is 0 Å². The number of aromatic nitrogens is 3. The third kappa shape index (κ3) is 6.33. The molecule has 1 aromatic heterocycles. The van der Waals surface area contributed by atoms with Gasteiger partial charge in [-0.2, -0.15) is 5.10 Å². The number of aliphatic imine (C=N–C) groups is 1. The van der Waals surface area contributed by atoms with Crippen LogP contribution in [0.5, 0.6) is 0 Å². The summed E-state index contributed by atoms with van der Waals surface area (Å²) >= 11 is 6.15. The Morgan fingerprint density at radius 2 is 2.13 bits per heavy atom. The zero-order valence-corrected chi connectivity index (χ0v) is 20.5. The molecule has 1 unspecified atom stereocenters. The van der Waals surface area contributed by atoms with Crippen molar-refractivity contribution in [1.82, 2.24) is 25.8 Å². The highest BCUT2D eigenvalue weighted by Gasteiger charge is 2.23. The number of aromatic amines is 1. The van der Waals surface area contributed by atoms with Crippen LogP contribution in [0, 0.1) is 0 Å². The van der Waals surface area contributed by atoms with Gasteiger partial charge in [-0.05, 0) is 43.2 Å². The van der Waals surface area contributed by atoms with Crippen molar-refractivity contribution in [3.05, 3.63) is 65.4 Å². The Bertz CT molecular complexity index is 993. The summed E-state index contributed by atoms with van der Waals surface area (Å²) in [5.74, 6) is 1.60. The zero-order valence-electron chi connectivity index (χ0n) is 17.4. The van der Waals surface area contributed by atoms with Crippen molar-refractivity contribution in [3.8, 4) is 11.4 Å². The van der Waals surface area contributed by atoms with Crippen LogP contribution in [0.4, 0.5) is 5.69 Å². The molecular formula is C22H27ClIN7. The maximum absolute atomic E-state index is 6.15. The summed E-state index contributed by atoms with van der Waals surface area (Å²) in [4.78, 5) is 11.4. The maximum Gasteiger partial charge on any atom is 0.191 e. The molecule has 2 heterocycles. The smallest absolute Gasteiger partial charge is 0.191 e. The van der Waals surface area contributed by atoms with Gasteiger partial charge in [0.25, 0.3) is 0 Å². The molecule has 1 aliphatic rings. The van der Waals surface area contributed by atoms with E-state index in [4.69, 9.17) is 16.6 Å². The topological polar surface area (TPSA) is 81.2 Å². The number of guanidine groups is 1. The summed E-state index contributed by atoms with van der Waals surface area (Å²) < 4.78 is 0. The number of nitrogens with one attached hydrogen (secondary N) is 3. The average Bonchev–Trinajstić information content (AvgIpc) is 3.45. The summed E-state index contributed by atoms with van der Waals surface area (Å²) in [6.45, 7) is 5.40. The normalized spacial score (nSPS) is 16.1. The van der Waals surface area contributed by atoms with Gasteiger partial charge in [-0.25, -0.2) is 9.98 Å². The molecule has 3 aromatic rings. The highest BCUT2D eigenvalue weighted by atomic mass is 127. The van der Waals surface area contributed by atoms with Crippen molar-refractivity contribution in [2.75, 3.05) is 24.5 Å². The molecule has 31 heavy (non-hydrogen) atoms. The standard InChI is InChI=1S/C22H26ClN7.HI/c1-2-24-22(25-13-16-5-3-6-17(11-16)21-26-15-27-29-21)28-19-9-10-30(14-19)20-8-4-7-18(23)12-20;/h3-8,11-12,15,19H,2,9-10,13-14H2,1H3,(H2,24,25,28)(H,26,27,29);1H. The Morgan fingerprint density at radius 3 is 2.90 bits per heavy atom. The SMILES string of the molecule is CCNC(=NCc1cccc(-c2ncn[nH]2)c1)NC1CCN(c2cccc(Cl)c2)C1.I. The fourth-order valence-corrected chi connectivity index (χ4v) is 3.82. The quantitative estimate of drug-likeness (QED) is 0.244. The Kier molecular flexibility index (Phi) is 8.53. The molecule has 0 radical (unpaired) electrons. The molecule has 2 aromatic carbocycles. The van der Waals surface area contributed by atoms with Gasteiger partial charge in [0.1, 0.15) is 6.33 Å². The lowest BCUT2D eigenvalue weighted by molar-refractivity contribution is 0.649. The molecular weight excluding hydrogens is 525 g/mol. The number of nitrogens with zero attached hydrogens (tertiary/aromatic N) is 4. The van der Waals surface area contributed by atoms with E-state index in [1.165, 1.54) is 6.33 Å². The number of benzene rings is 2. The largest absolute Gasteiger partial charge is 0.369 e. The Labute approximate surface area is 204 Å². The number of anilines is 1. The van der Waals surface area contributed by atoms with Gasteiger partial charge in [0.05, 0.1) is 6.54 Å². The molecule has 9 heteroatoms. The van der Waals surface area contributed by atoms with Gasteiger partial charge in [-0.3, -0.25) is 5.10 Å². The van der Waals surface area contributed by atoms with Crippen molar-refractivity contribution in [2.45, 2.75) is 25.9 Å². The molecule has 1 aliphatic heterocycles. The first-order chi connectivity index (χ1) is 14.7. The number of hydrogen-bond donors (Lipinski definition) is 3. The van der Waals surface area contributed by atoms with Crippen LogP contribution in [0.25, 0.3) is 11.4 Å². The van der Waals surface area contributed by atoms with Crippen LogP contribution in [0.15, 0.2) is 59.9 Å². The van der Waals surface area contributed by atoms with E-state index in [9.17, 15) is 0 Å². The number of rotatable bonds is 6. The molecule has 0 saturated carbocycles. The first-order valence-electron chi connectivity index (χ1n) is 10.2. The lowest BCUT2D eigenvalue weighted by Crippen LogP contribution is -2.44. The molecule has 4 rings (SSSR count). The number of H-pyrrole nitrogens is 1. The lowest BCUT2D eigenvalue weighted by atomic mass is 10.1. The second kappa shape index (κ2) is 11.3. The van der Waals surface area contributed by atoms with Crippen LogP contribution < -0.4 is 15.5 Å². The predicted molar refractivity (Wildman–Crippen MR) is 137 cm³/mol. The van der Waals surface area contributed by atoms with E-state index in [1.807, 2.05) is 30.3 Å². The minimum absolute atomic E-state index is 0. The molecule has 164 valence electrons. The molecule has 0 amide bonds. The first-order valence-corrected chi connectivity index (χ1v) is 10.6. The van der Waals surface area contributed by atoms with Gasteiger partial charge in [-0.15, -0.1) is 24.0 Å². The summed E-state index contributed by atoms with van der Waals surface area (Å²) in [5.41, 5.74) is 3.29. The van der Waals surface area contributed by atoms with Crippen molar-refractivity contribution in [1.29, 1.82) is 0 Å². The van der Waals surface area contributed by atoms with Gasteiger partial charge < -0.3 is 15.5 Å². The Hall–Kier alpha value is -2.33. The van der Waals surface area contributed by atoms with Gasteiger partial charge in [-0.1, -0.05) is 35.9 Å². The molecule has 1 fully saturated rings. The van der Waals surface area contributed by atoms with E-state index in [0.717, 1.165) is 59.7 Å². The molecule has 3 N–H and O–H groups in total. The third-order valence-corrected chi connectivity index (χ3v) is 5.32. The predicted octanol–water partition coefficient (Wildman–Crippen LogP) is 4.08. The van der Waals surface area contributed by atoms with Crippen LogP contribution in [-0.4, -0.2) is 46.8 Å². The van der Waals surface area contributed by atoms with Crippen LogP contribution in [0.1, 0.15) is 18.9 Å². The number of halogens is 2. The molecule has 0 aliphatic carbocycles. The minimum Gasteiger partial charge on any atom is -0.369 e. The number of hydrogen-bond acceptors (Lipinski definition) is 4. The molecule has 1 saturated heterocycles. The van der Waals surface area contributed by atoms with Gasteiger partial charge in [0, 0.05) is 41.9 Å². The van der Waals surface area contributed by atoms with Crippen LogP contribution in [0.3, 0.4) is 0 Å². The summed E-state index contributed by atoms with van der Waals surface area (Å²) in [6, 6.07) is 16.6. The third-order valence-electron chi connectivity index (χ3n) is 5.08. The molecule has 7 nitrogen and oxygen atoms in total. The molecule has 1 atom stereocenters. The zero-order chi connectivity index (χ0) is 20.8. The fraction of sp³-hybridized carbons (Fsp3) is 0.318. The second-order valence-corrected chi connectivity index (χ2v) is 7.72. The van der Waals surface area contributed by atoms with E-state index < -0.39 is 0 Å². The van der Waals surface area contributed by atoms with Gasteiger partial charge in [0.2, 0.25) is 0 Å². The van der Waals surface area contributed by atoms with E-state index in [0.29, 0.717) is 12.6 Å². The molecule has 0 spiro atoms. The summed E-state index contributed by atoms with van der Waals surface area (Å²) in [5, 5.41) is 14.5. The minimum atomic E-state index is 0. The van der Waals surface area contributed by atoms with Crippen molar-refractivity contribution >= 4 is 47.2 Å². The van der Waals surface area contributed by atoms with Crippen LogP contribution in [0.2, 0.25) is 5.02 Å². The second-order valence-electron chi connectivity index (χ2n) is 7.29. The van der Waals surface area contributed by atoms with E-state index in [-0.39, 0.29) is 24.0 Å². The lowest BCUT2D eigenvalue weighted by Gasteiger charge is -2.20. The van der Waals surface area contributed by atoms with Crippen LogP contribution in [-0.2, 0) is 6.54 Å². The average molecular weight is 552 g/mol. The Morgan fingerprint density at radius 1 is 1.26 bits per heavy atom. The van der Waals surface area contributed by atoms with Crippen LogP contribution >= 0.6 is 35.6 Å². The monoisotopic (exact) mass is 551 g/mol. The van der Waals surface area contributed by atoms with Crippen molar-refractivity contribution < 1.29 is 0 Å². The maximum atomic E-state index is 6.15. The summed E-state index contributed by atoms with van der Waals surface area (Å²) in [7, 11) is 0. The van der Waals surface area contributed by atoms with Gasteiger partial charge in [0.15, 0.2) is 11.8 Å². The Balaban J connectivity index is 0.00000272. The first kappa shape index (κ1) is 23.3. The van der Waals surface area contributed by atoms with E-state index in [1.54, 1.807) is 0 Å². The highest BCUT2D eigenvalue weighted by molar-refractivity contribution is 14.0. The van der Waals surface area contributed by atoms with Crippen molar-refractivity contribution in [3.63, 3.8) is 0 Å². The van der Waals surface area contributed by atoms with E-state index in [2.05, 4.69) is 55.8 Å². The van der Waals surface area contributed by atoms with Gasteiger partial charge >= 0.3 is 0 Å². The fourth-order valence-electron chi connectivity index (χ4n) is 3.63. The highest BCUT2D eigenvalue weighted by Crippen LogP contribution is 2.23. The summed E-state index contributed by atoms with van der Waals surface area (Å²) in [6.07, 6.45) is 2.57.